The second kappa shape index (κ2) is 10.6. The van der Waals surface area contributed by atoms with Gasteiger partial charge in [0.2, 0.25) is 0 Å². The molecule has 2 aromatic carbocycles. The molecule has 9 heteroatoms. The molecule has 6 nitrogen and oxygen atoms in total. The Bertz CT molecular complexity index is 1040. The summed E-state index contributed by atoms with van der Waals surface area (Å²) in [6.07, 6.45) is -3.91. The number of alkyl halides is 3. The van der Waals surface area contributed by atoms with Crippen LogP contribution in [0, 0.1) is 17.8 Å². The minimum atomic E-state index is -4.46. The summed E-state index contributed by atoms with van der Waals surface area (Å²) in [5.74, 6) is -0.653. The number of anilines is 3. The van der Waals surface area contributed by atoms with E-state index in [1.807, 2.05) is 18.2 Å². The van der Waals surface area contributed by atoms with E-state index in [1.54, 1.807) is 0 Å². The number of rotatable bonds is 9. The Labute approximate surface area is 203 Å². The van der Waals surface area contributed by atoms with Gasteiger partial charge in [-0.1, -0.05) is 33.8 Å². The first-order chi connectivity index (χ1) is 16.3. The van der Waals surface area contributed by atoms with Crippen LogP contribution in [0.1, 0.15) is 51.2 Å². The Hall–Kier alpha value is -3.23. The van der Waals surface area contributed by atoms with Gasteiger partial charge in [0, 0.05) is 18.8 Å². The molecule has 2 amide bonds. The predicted octanol–water partition coefficient (Wildman–Crippen LogP) is 6.66. The van der Waals surface area contributed by atoms with E-state index in [0.29, 0.717) is 23.9 Å². The van der Waals surface area contributed by atoms with E-state index in [4.69, 9.17) is 0 Å². The standard InChI is InChI=1S/C26H32F3N3O3/c1-15(2)13-32(14-16(3)4)23-10-5-17(20-12-21(20)24(33)34)11-22(23)31-25(35)30-19-8-6-18(7-9-19)26(27,28)29/h5-11,15-16,20-21H,12-14H2,1-4H3,(H,33,34)(H2,30,31,35)/t20-,21-/m1/s1. The molecule has 2 aromatic rings. The monoisotopic (exact) mass is 491 g/mol. The van der Waals surface area contributed by atoms with E-state index in [1.165, 1.54) is 12.1 Å². The van der Waals surface area contributed by atoms with Gasteiger partial charge in [0.25, 0.3) is 0 Å². The molecule has 0 heterocycles. The second-order valence-electron chi connectivity index (χ2n) is 9.91. The van der Waals surface area contributed by atoms with Crippen molar-refractivity contribution >= 4 is 29.1 Å². The summed E-state index contributed by atoms with van der Waals surface area (Å²) >= 11 is 0. The van der Waals surface area contributed by atoms with Crippen LogP contribution < -0.4 is 15.5 Å². The number of urea groups is 1. The number of carbonyl (C=O) groups is 2. The largest absolute Gasteiger partial charge is 0.481 e. The lowest BCUT2D eigenvalue weighted by molar-refractivity contribution is -0.139. The molecule has 1 fully saturated rings. The maximum atomic E-state index is 12.8. The van der Waals surface area contributed by atoms with Gasteiger partial charge in [-0.15, -0.1) is 0 Å². The number of carbonyl (C=O) groups excluding carboxylic acids is 1. The Morgan fingerprint density at radius 3 is 2.09 bits per heavy atom. The molecule has 0 radical (unpaired) electrons. The molecule has 1 saturated carbocycles. The molecule has 35 heavy (non-hydrogen) atoms. The fourth-order valence-electron chi connectivity index (χ4n) is 4.18. The van der Waals surface area contributed by atoms with Crippen molar-refractivity contribution in [2.24, 2.45) is 17.8 Å². The molecule has 0 aromatic heterocycles. The van der Waals surface area contributed by atoms with Crippen molar-refractivity contribution in [1.82, 2.24) is 0 Å². The molecule has 0 bridgehead atoms. The highest BCUT2D eigenvalue weighted by atomic mass is 19.4. The average Bonchev–Trinajstić information content (AvgIpc) is 3.53. The lowest BCUT2D eigenvalue weighted by atomic mass is 10.0. The molecule has 0 unspecified atom stereocenters. The SMILES string of the molecule is CC(C)CN(CC(C)C)c1ccc([C@H]2C[C@H]2C(=O)O)cc1NC(=O)Nc1ccc(C(F)(F)F)cc1. The highest BCUT2D eigenvalue weighted by Crippen LogP contribution is 2.49. The van der Waals surface area contributed by atoms with Gasteiger partial charge in [0.1, 0.15) is 0 Å². The molecule has 3 N–H and O–H groups in total. The molecule has 2 atom stereocenters. The molecule has 190 valence electrons. The van der Waals surface area contributed by atoms with Gasteiger partial charge in [-0.3, -0.25) is 4.79 Å². The van der Waals surface area contributed by atoms with Gasteiger partial charge >= 0.3 is 18.2 Å². The zero-order valence-electron chi connectivity index (χ0n) is 20.3. The van der Waals surface area contributed by atoms with Crippen molar-refractivity contribution in [1.29, 1.82) is 0 Å². The van der Waals surface area contributed by atoms with Crippen LogP contribution in [0.2, 0.25) is 0 Å². The quantitative estimate of drug-likeness (QED) is 0.367. The van der Waals surface area contributed by atoms with Crippen molar-refractivity contribution < 1.29 is 27.9 Å². The van der Waals surface area contributed by atoms with Crippen LogP contribution in [0.5, 0.6) is 0 Å². The van der Waals surface area contributed by atoms with Crippen molar-refractivity contribution in [2.75, 3.05) is 28.6 Å². The lowest BCUT2D eigenvalue weighted by Gasteiger charge is -2.30. The van der Waals surface area contributed by atoms with Gasteiger partial charge in [0.05, 0.1) is 22.9 Å². The average molecular weight is 492 g/mol. The third-order valence-electron chi connectivity index (χ3n) is 5.79. The van der Waals surface area contributed by atoms with Crippen LogP contribution in [0.3, 0.4) is 0 Å². The van der Waals surface area contributed by atoms with Crippen LogP contribution in [0.15, 0.2) is 42.5 Å². The summed E-state index contributed by atoms with van der Waals surface area (Å²) in [6, 6.07) is 9.25. The lowest BCUT2D eigenvalue weighted by Crippen LogP contribution is -2.32. The Balaban J connectivity index is 1.86. The molecule has 1 aliphatic rings. The van der Waals surface area contributed by atoms with Crippen molar-refractivity contribution in [3.8, 4) is 0 Å². The number of hydrogen-bond acceptors (Lipinski definition) is 3. The number of halogens is 3. The van der Waals surface area contributed by atoms with Crippen LogP contribution in [0.25, 0.3) is 0 Å². The minimum Gasteiger partial charge on any atom is -0.481 e. The normalized spacial score (nSPS) is 17.4. The maximum Gasteiger partial charge on any atom is 0.416 e. The maximum absolute atomic E-state index is 12.8. The van der Waals surface area contributed by atoms with Crippen molar-refractivity contribution in [2.45, 2.75) is 46.2 Å². The van der Waals surface area contributed by atoms with Gasteiger partial charge in [-0.2, -0.15) is 13.2 Å². The van der Waals surface area contributed by atoms with Crippen LogP contribution in [0.4, 0.5) is 35.0 Å². The van der Waals surface area contributed by atoms with E-state index in [0.717, 1.165) is 36.5 Å². The van der Waals surface area contributed by atoms with E-state index < -0.39 is 29.7 Å². The van der Waals surface area contributed by atoms with Crippen LogP contribution in [-0.2, 0) is 11.0 Å². The molecule has 0 spiro atoms. The summed E-state index contributed by atoms with van der Waals surface area (Å²) in [6.45, 7) is 9.94. The fraction of sp³-hybridized carbons (Fsp3) is 0.462. The van der Waals surface area contributed by atoms with E-state index in [2.05, 4.69) is 43.2 Å². The van der Waals surface area contributed by atoms with E-state index >= 15 is 0 Å². The number of carboxylic acids is 1. The molecule has 3 rings (SSSR count). The summed E-state index contributed by atoms with van der Waals surface area (Å²) in [5.41, 5.74) is 1.60. The molecule has 1 aliphatic carbocycles. The first-order valence-corrected chi connectivity index (χ1v) is 11.7. The van der Waals surface area contributed by atoms with Gasteiger partial charge in [-0.25, -0.2) is 4.79 Å². The number of nitrogens with zero attached hydrogens (tertiary/aromatic N) is 1. The summed E-state index contributed by atoms with van der Waals surface area (Å²) < 4.78 is 38.4. The Morgan fingerprint density at radius 2 is 1.60 bits per heavy atom. The van der Waals surface area contributed by atoms with Gasteiger partial charge in [0.15, 0.2) is 0 Å². The number of benzene rings is 2. The summed E-state index contributed by atoms with van der Waals surface area (Å²) in [5, 5.41) is 14.7. The Morgan fingerprint density at radius 1 is 1.00 bits per heavy atom. The Kier molecular flexibility index (Phi) is 7.97. The van der Waals surface area contributed by atoms with Crippen molar-refractivity contribution in [3.63, 3.8) is 0 Å². The van der Waals surface area contributed by atoms with Crippen LogP contribution in [-0.4, -0.2) is 30.2 Å². The van der Waals surface area contributed by atoms with Crippen molar-refractivity contribution in [3.05, 3.63) is 53.6 Å². The number of hydrogen-bond donors (Lipinski definition) is 3. The summed E-state index contributed by atoms with van der Waals surface area (Å²) in [7, 11) is 0. The number of carboxylic acid groups (broad SMARTS) is 1. The third kappa shape index (κ3) is 7.13. The molecular formula is C26H32F3N3O3. The van der Waals surface area contributed by atoms with Crippen LogP contribution >= 0.6 is 0 Å². The highest BCUT2D eigenvalue weighted by molar-refractivity contribution is 6.02. The minimum absolute atomic E-state index is 0.108. The summed E-state index contributed by atoms with van der Waals surface area (Å²) in [4.78, 5) is 26.3. The highest BCUT2D eigenvalue weighted by Gasteiger charge is 2.44. The molecule has 0 saturated heterocycles. The predicted molar refractivity (Wildman–Crippen MR) is 131 cm³/mol. The second-order valence-corrected chi connectivity index (χ2v) is 9.91. The number of amides is 2. The smallest absolute Gasteiger partial charge is 0.416 e. The molecular weight excluding hydrogens is 459 g/mol. The zero-order chi connectivity index (χ0) is 25.9. The first-order valence-electron chi connectivity index (χ1n) is 11.7. The van der Waals surface area contributed by atoms with E-state index in [-0.39, 0.29) is 11.6 Å². The molecule has 0 aliphatic heterocycles. The zero-order valence-corrected chi connectivity index (χ0v) is 20.3. The van der Waals surface area contributed by atoms with Gasteiger partial charge in [-0.05, 0) is 66.1 Å². The topological polar surface area (TPSA) is 81.7 Å². The third-order valence-corrected chi connectivity index (χ3v) is 5.79. The van der Waals surface area contributed by atoms with E-state index in [9.17, 15) is 27.9 Å². The number of aliphatic carboxylic acids is 1. The number of nitrogens with one attached hydrogen (secondary N) is 2. The fourth-order valence-corrected chi connectivity index (χ4v) is 4.18. The van der Waals surface area contributed by atoms with Gasteiger partial charge < -0.3 is 20.6 Å². The first kappa shape index (κ1) is 26.4.